The first kappa shape index (κ1) is 22.2. The van der Waals surface area contributed by atoms with Gasteiger partial charge in [-0.25, -0.2) is 4.79 Å². The number of piperazine rings is 1. The van der Waals surface area contributed by atoms with E-state index in [2.05, 4.69) is 59.1 Å². The average Bonchev–Trinajstić information content (AvgIpc) is 2.84. The van der Waals surface area contributed by atoms with Crippen LogP contribution in [0.25, 0.3) is 0 Å². The minimum Gasteiger partial charge on any atom is -0.465 e. The topological polar surface area (TPSA) is 63.1 Å². The summed E-state index contributed by atoms with van der Waals surface area (Å²) in [5.41, 5.74) is 6.81. The van der Waals surface area contributed by atoms with Gasteiger partial charge in [0, 0.05) is 57.2 Å². The molecule has 0 radical (unpaired) electrons. The maximum Gasteiger partial charge on any atom is 0.407 e. The summed E-state index contributed by atoms with van der Waals surface area (Å²) < 4.78 is 0. The van der Waals surface area contributed by atoms with Crippen molar-refractivity contribution in [3.63, 3.8) is 0 Å². The van der Waals surface area contributed by atoms with Crippen LogP contribution >= 0.6 is 0 Å². The van der Waals surface area contributed by atoms with Gasteiger partial charge in [0.25, 0.3) is 0 Å². The molecule has 1 fully saturated rings. The standard InChI is InChI=1S/C26H35N5O2/c1-28-17-20-7-4-9-23(30-12-14-31(15-13-30)26(32)33)22(20)16-21(28)18-29(2)24-10-3-6-19-8-5-11-27-25(19)24/h4-5,7-9,11,21,24H,3,6,10,12-18H2,1-2H3,(H,32,33). The molecule has 1 saturated heterocycles. The molecule has 1 amide bonds. The van der Waals surface area contributed by atoms with Gasteiger partial charge in [0.1, 0.15) is 0 Å². The molecule has 0 saturated carbocycles. The van der Waals surface area contributed by atoms with E-state index in [1.165, 1.54) is 45.8 Å². The number of aryl methyl sites for hydroxylation is 1. The molecule has 33 heavy (non-hydrogen) atoms. The number of carboxylic acid groups (broad SMARTS) is 1. The lowest BCUT2D eigenvalue weighted by atomic mass is 9.89. The molecule has 7 nitrogen and oxygen atoms in total. The van der Waals surface area contributed by atoms with Crippen molar-refractivity contribution < 1.29 is 9.90 Å². The van der Waals surface area contributed by atoms with Crippen LogP contribution < -0.4 is 4.90 Å². The molecule has 1 aromatic carbocycles. The number of aromatic nitrogens is 1. The second-order valence-corrected chi connectivity index (χ2v) is 9.84. The van der Waals surface area contributed by atoms with Gasteiger partial charge in [0.15, 0.2) is 0 Å². The van der Waals surface area contributed by atoms with Crippen LogP contribution in [0.3, 0.4) is 0 Å². The van der Waals surface area contributed by atoms with Crippen molar-refractivity contribution in [2.24, 2.45) is 0 Å². The van der Waals surface area contributed by atoms with E-state index in [0.29, 0.717) is 25.2 Å². The second-order valence-electron chi connectivity index (χ2n) is 9.84. The fourth-order valence-corrected chi connectivity index (χ4v) is 5.91. The number of carbonyl (C=O) groups is 1. The fourth-order valence-electron chi connectivity index (χ4n) is 5.91. The maximum absolute atomic E-state index is 11.3. The highest BCUT2D eigenvalue weighted by Crippen LogP contribution is 2.35. The lowest BCUT2D eigenvalue weighted by Gasteiger charge is -2.42. The Morgan fingerprint density at radius 2 is 1.94 bits per heavy atom. The lowest BCUT2D eigenvalue weighted by Crippen LogP contribution is -2.49. The van der Waals surface area contributed by atoms with Crippen LogP contribution in [0.1, 0.15) is 41.3 Å². The summed E-state index contributed by atoms with van der Waals surface area (Å²) in [4.78, 5) is 25.0. The molecule has 7 heteroatoms. The van der Waals surface area contributed by atoms with E-state index in [-0.39, 0.29) is 0 Å². The molecule has 5 rings (SSSR count). The summed E-state index contributed by atoms with van der Waals surface area (Å²) in [5.74, 6) is 0. The first-order chi connectivity index (χ1) is 16.0. The van der Waals surface area contributed by atoms with Gasteiger partial charge >= 0.3 is 6.09 Å². The Hall–Kier alpha value is -2.64. The summed E-state index contributed by atoms with van der Waals surface area (Å²) in [7, 11) is 4.50. The van der Waals surface area contributed by atoms with Crippen LogP contribution in [-0.4, -0.2) is 83.7 Å². The van der Waals surface area contributed by atoms with Crippen LogP contribution in [0.2, 0.25) is 0 Å². The predicted molar refractivity (Wildman–Crippen MR) is 130 cm³/mol. The number of benzene rings is 1. The van der Waals surface area contributed by atoms with Crippen molar-refractivity contribution in [1.29, 1.82) is 0 Å². The van der Waals surface area contributed by atoms with Crippen LogP contribution in [0.15, 0.2) is 36.5 Å². The first-order valence-electron chi connectivity index (χ1n) is 12.2. The highest BCUT2D eigenvalue weighted by atomic mass is 16.4. The van der Waals surface area contributed by atoms with Gasteiger partial charge in [-0.05, 0) is 68.6 Å². The van der Waals surface area contributed by atoms with Crippen molar-refractivity contribution in [3.8, 4) is 0 Å². The Labute approximate surface area is 196 Å². The van der Waals surface area contributed by atoms with Gasteiger partial charge in [-0.1, -0.05) is 18.2 Å². The Bertz CT molecular complexity index is 1000. The van der Waals surface area contributed by atoms with E-state index in [4.69, 9.17) is 4.98 Å². The molecule has 1 N–H and O–H groups in total. The molecule has 2 unspecified atom stereocenters. The van der Waals surface area contributed by atoms with E-state index in [1.54, 1.807) is 0 Å². The van der Waals surface area contributed by atoms with Crippen molar-refractivity contribution in [2.45, 2.75) is 44.3 Å². The van der Waals surface area contributed by atoms with Crippen LogP contribution in [-0.2, 0) is 19.4 Å². The Morgan fingerprint density at radius 3 is 2.73 bits per heavy atom. The number of likely N-dealkylation sites (N-methyl/N-ethyl adjacent to an activating group) is 2. The molecular weight excluding hydrogens is 414 g/mol. The van der Waals surface area contributed by atoms with Crippen LogP contribution in [0.4, 0.5) is 10.5 Å². The van der Waals surface area contributed by atoms with E-state index in [0.717, 1.165) is 39.0 Å². The van der Waals surface area contributed by atoms with Gasteiger partial charge in [-0.2, -0.15) is 0 Å². The number of nitrogens with zero attached hydrogens (tertiary/aromatic N) is 5. The Morgan fingerprint density at radius 1 is 1.15 bits per heavy atom. The lowest BCUT2D eigenvalue weighted by molar-refractivity contribution is 0.126. The van der Waals surface area contributed by atoms with Gasteiger partial charge < -0.3 is 14.9 Å². The number of amides is 1. The van der Waals surface area contributed by atoms with Crippen molar-refractivity contribution in [1.82, 2.24) is 19.7 Å². The fraction of sp³-hybridized carbons (Fsp3) is 0.538. The summed E-state index contributed by atoms with van der Waals surface area (Å²) in [6, 6.07) is 11.8. The highest BCUT2D eigenvalue weighted by Gasteiger charge is 2.32. The molecule has 2 aliphatic heterocycles. The SMILES string of the molecule is CN1Cc2cccc(N3CCN(C(=O)O)CC3)c2CC1CN(C)C1CCCc2cccnc21. The van der Waals surface area contributed by atoms with Crippen LogP contribution in [0.5, 0.6) is 0 Å². The predicted octanol–water partition coefficient (Wildman–Crippen LogP) is 3.25. The molecule has 0 spiro atoms. The number of rotatable bonds is 4. The molecule has 3 heterocycles. The summed E-state index contributed by atoms with van der Waals surface area (Å²) in [6.07, 6.45) is 5.68. The third-order valence-corrected chi connectivity index (χ3v) is 7.82. The third-order valence-electron chi connectivity index (χ3n) is 7.82. The minimum atomic E-state index is -0.812. The van der Waals surface area contributed by atoms with E-state index in [9.17, 15) is 9.90 Å². The number of pyridine rings is 1. The number of hydrogen-bond acceptors (Lipinski definition) is 5. The van der Waals surface area contributed by atoms with Crippen LogP contribution in [0, 0.1) is 0 Å². The van der Waals surface area contributed by atoms with Crippen molar-refractivity contribution in [2.75, 3.05) is 51.7 Å². The Kier molecular flexibility index (Phi) is 6.25. The minimum absolute atomic E-state index is 0.393. The average molecular weight is 450 g/mol. The molecular formula is C26H35N5O2. The highest BCUT2D eigenvalue weighted by molar-refractivity contribution is 5.66. The molecule has 2 aromatic rings. The largest absolute Gasteiger partial charge is 0.465 e. The van der Waals surface area contributed by atoms with E-state index >= 15 is 0 Å². The third kappa shape index (κ3) is 4.44. The zero-order valence-electron chi connectivity index (χ0n) is 19.8. The molecule has 1 aliphatic carbocycles. The molecule has 176 valence electrons. The van der Waals surface area contributed by atoms with Gasteiger partial charge in [-0.15, -0.1) is 0 Å². The number of fused-ring (bicyclic) bond motifs is 2. The molecule has 0 bridgehead atoms. The zero-order chi connectivity index (χ0) is 22.9. The van der Waals surface area contributed by atoms with Gasteiger partial charge in [-0.3, -0.25) is 14.8 Å². The van der Waals surface area contributed by atoms with Crippen molar-refractivity contribution in [3.05, 3.63) is 58.9 Å². The van der Waals surface area contributed by atoms with E-state index < -0.39 is 6.09 Å². The summed E-state index contributed by atoms with van der Waals surface area (Å²) >= 11 is 0. The maximum atomic E-state index is 11.3. The summed E-state index contributed by atoms with van der Waals surface area (Å²) in [5, 5.41) is 9.30. The zero-order valence-corrected chi connectivity index (χ0v) is 19.8. The van der Waals surface area contributed by atoms with Gasteiger partial charge in [0.2, 0.25) is 0 Å². The van der Waals surface area contributed by atoms with Crippen molar-refractivity contribution >= 4 is 11.8 Å². The number of hydrogen-bond donors (Lipinski definition) is 1. The Balaban J connectivity index is 1.32. The normalized spacial score (nSPS) is 23.4. The smallest absolute Gasteiger partial charge is 0.407 e. The van der Waals surface area contributed by atoms with Gasteiger partial charge in [0.05, 0.1) is 11.7 Å². The molecule has 2 atom stereocenters. The monoisotopic (exact) mass is 449 g/mol. The molecule has 3 aliphatic rings. The van der Waals surface area contributed by atoms with E-state index in [1.807, 2.05) is 6.20 Å². The second kappa shape index (κ2) is 9.31. The first-order valence-corrected chi connectivity index (χ1v) is 12.2. The quantitative estimate of drug-likeness (QED) is 0.773. The molecule has 1 aromatic heterocycles. The summed E-state index contributed by atoms with van der Waals surface area (Å²) in [6.45, 7) is 4.62. The number of anilines is 1.